The number of sulfonamides is 1. The lowest BCUT2D eigenvalue weighted by atomic mass is 9.80. The molecule has 3 aromatic carbocycles. The van der Waals surface area contributed by atoms with Crippen molar-refractivity contribution in [2.75, 3.05) is 0 Å². The predicted octanol–water partition coefficient (Wildman–Crippen LogP) is 5.30. The van der Waals surface area contributed by atoms with E-state index in [1.54, 1.807) is 47.6 Å². The molecule has 3 aromatic rings. The third-order valence-electron chi connectivity index (χ3n) is 6.05. The molecule has 5 nitrogen and oxygen atoms in total. The molecule has 0 saturated carbocycles. The first-order valence-electron chi connectivity index (χ1n) is 10.3. The summed E-state index contributed by atoms with van der Waals surface area (Å²) >= 11 is 6.08. The van der Waals surface area contributed by atoms with E-state index in [1.807, 2.05) is 49.4 Å². The standard InChI is InChI=1S/C25H21ClN2O3S/c1-17-6-12-21(13-7-17)32(30,31)28-24(29)16-23(19-8-10-20(26)11-9-19)25-22-5-3-2-4-18(22)14-15-27(25)28/h2-15,23,25H,16H2,1H3/t23-,25+/m1/s1. The molecular weight excluding hydrogens is 444 g/mol. The molecule has 2 aliphatic rings. The van der Waals surface area contributed by atoms with Gasteiger partial charge in [-0.05, 0) is 54.0 Å². The second kappa shape index (κ2) is 7.80. The van der Waals surface area contributed by atoms with Crippen LogP contribution in [0.5, 0.6) is 0 Å². The molecule has 0 radical (unpaired) electrons. The van der Waals surface area contributed by atoms with Gasteiger partial charge in [-0.2, -0.15) is 8.42 Å². The van der Waals surface area contributed by atoms with Crippen molar-refractivity contribution in [3.8, 4) is 0 Å². The van der Waals surface area contributed by atoms with Crippen molar-refractivity contribution >= 4 is 33.6 Å². The highest BCUT2D eigenvalue weighted by Crippen LogP contribution is 2.48. The largest absolute Gasteiger partial charge is 0.284 e. The Balaban J connectivity index is 1.65. The molecule has 1 saturated heterocycles. The average Bonchev–Trinajstić information content (AvgIpc) is 2.79. The van der Waals surface area contributed by atoms with Crippen LogP contribution in [0.3, 0.4) is 0 Å². The van der Waals surface area contributed by atoms with E-state index in [0.29, 0.717) is 5.02 Å². The minimum Gasteiger partial charge on any atom is -0.272 e. The van der Waals surface area contributed by atoms with Crippen LogP contribution in [-0.2, 0) is 14.8 Å². The van der Waals surface area contributed by atoms with Gasteiger partial charge in [0, 0.05) is 23.6 Å². The van der Waals surface area contributed by atoms with Crippen molar-refractivity contribution in [3.63, 3.8) is 0 Å². The highest BCUT2D eigenvalue weighted by atomic mass is 35.5. The van der Waals surface area contributed by atoms with Crippen LogP contribution in [0.15, 0.2) is 83.9 Å². The number of rotatable bonds is 3. The molecule has 0 bridgehead atoms. The number of hydrazine groups is 1. The molecule has 32 heavy (non-hydrogen) atoms. The number of hydrogen-bond donors (Lipinski definition) is 0. The van der Waals surface area contributed by atoms with Crippen molar-refractivity contribution < 1.29 is 13.2 Å². The summed E-state index contributed by atoms with van der Waals surface area (Å²) in [6.07, 6.45) is 3.61. The first-order valence-corrected chi connectivity index (χ1v) is 12.1. The maximum atomic E-state index is 13.6. The second-order valence-electron chi connectivity index (χ2n) is 8.09. The van der Waals surface area contributed by atoms with Gasteiger partial charge in [-0.1, -0.05) is 65.7 Å². The fourth-order valence-corrected chi connectivity index (χ4v) is 6.04. The van der Waals surface area contributed by atoms with Gasteiger partial charge in [0.05, 0.1) is 10.9 Å². The van der Waals surface area contributed by atoms with Gasteiger partial charge >= 0.3 is 0 Å². The van der Waals surface area contributed by atoms with Gasteiger partial charge in [0.1, 0.15) is 0 Å². The molecular formula is C25H21ClN2O3S. The molecule has 1 amide bonds. The number of nitrogens with zero attached hydrogens (tertiary/aromatic N) is 2. The molecule has 2 atom stereocenters. The van der Waals surface area contributed by atoms with Crippen LogP contribution < -0.4 is 0 Å². The van der Waals surface area contributed by atoms with Crippen LogP contribution in [0.2, 0.25) is 5.02 Å². The van der Waals surface area contributed by atoms with Crippen LogP contribution in [0, 0.1) is 6.92 Å². The Morgan fingerprint density at radius 2 is 1.62 bits per heavy atom. The third-order valence-corrected chi connectivity index (χ3v) is 8.02. The smallest absolute Gasteiger partial charge is 0.272 e. The van der Waals surface area contributed by atoms with Gasteiger partial charge in [-0.25, -0.2) is 0 Å². The number of carbonyl (C=O) groups is 1. The summed E-state index contributed by atoms with van der Waals surface area (Å²) in [6, 6.07) is 21.5. The number of fused-ring (bicyclic) bond motifs is 3. The topological polar surface area (TPSA) is 57.7 Å². The fourth-order valence-electron chi connectivity index (χ4n) is 4.48. The fraction of sp³-hybridized carbons (Fsp3) is 0.160. The van der Waals surface area contributed by atoms with Crippen LogP contribution in [0.25, 0.3) is 6.08 Å². The highest BCUT2D eigenvalue weighted by molar-refractivity contribution is 7.89. The minimum absolute atomic E-state index is 0.0655. The maximum Gasteiger partial charge on any atom is 0.284 e. The zero-order chi connectivity index (χ0) is 22.5. The van der Waals surface area contributed by atoms with Crippen LogP contribution >= 0.6 is 11.6 Å². The van der Waals surface area contributed by atoms with Crippen molar-refractivity contribution in [1.82, 2.24) is 9.42 Å². The number of amides is 1. The molecule has 0 spiro atoms. The van der Waals surface area contributed by atoms with Crippen LogP contribution in [-0.4, -0.2) is 23.7 Å². The van der Waals surface area contributed by atoms with E-state index in [0.717, 1.165) is 26.7 Å². The molecule has 5 rings (SSSR count). The van der Waals surface area contributed by atoms with E-state index in [4.69, 9.17) is 11.6 Å². The Kier molecular flexibility index (Phi) is 5.07. The summed E-state index contributed by atoms with van der Waals surface area (Å²) in [4.78, 5) is 13.4. The maximum absolute atomic E-state index is 13.6. The first-order chi connectivity index (χ1) is 15.4. The van der Waals surface area contributed by atoms with Gasteiger partial charge < -0.3 is 0 Å². The average molecular weight is 465 g/mol. The van der Waals surface area contributed by atoms with E-state index in [-0.39, 0.29) is 23.3 Å². The van der Waals surface area contributed by atoms with Crippen molar-refractivity contribution in [1.29, 1.82) is 0 Å². The Bertz CT molecular complexity index is 1320. The molecule has 7 heteroatoms. The lowest BCUT2D eigenvalue weighted by Gasteiger charge is -2.48. The van der Waals surface area contributed by atoms with Gasteiger partial charge in [0.25, 0.3) is 15.9 Å². The Morgan fingerprint density at radius 1 is 0.938 bits per heavy atom. The summed E-state index contributed by atoms with van der Waals surface area (Å²) in [6.45, 7) is 1.89. The van der Waals surface area contributed by atoms with Crippen LogP contribution in [0.1, 0.15) is 40.6 Å². The van der Waals surface area contributed by atoms with Crippen molar-refractivity contribution in [3.05, 3.63) is 106 Å². The third kappa shape index (κ3) is 3.40. The lowest BCUT2D eigenvalue weighted by molar-refractivity contribution is -0.144. The van der Waals surface area contributed by atoms with Gasteiger partial charge in [-0.3, -0.25) is 9.80 Å². The number of hydrogen-bond acceptors (Lipinski definition) is 4. The summed E-state index contributed by atoms with van der Waals surface area (Å²) < 4.78 is 28.1. The van der Waals surface area contributed by atoms with Crippen LogP contribution in [0.4, 0.5) is 0 Å². The first kappa shape index (κ1) is 20.8. The molecule has 2 aliphatic heterocycles. The van der Waals surface area contributed by atoms with Gasteiger partial charge in [-0.15, -0.1) is 4.41 Å². The number of halogens is 1. The number of carbonyl (C=O) groups excluding carboxylic acids is 1. The summed E-state index contributed by atoms with van der Waals surface area (Å²) in [5.41, 5.74) is 3.87. The van der Waals surface area contributed by atoms with Gasteiger partial charge in [0.2, 0.25) is 0 Å². The second-order valence-corrected chi connectivity index (χ2v) is 10.3. The number of benzene rings is 3. The lowest BCUT2D eigenvalue weighted by Crippen LogP contribution is -2.55. The molecule has 0 N–H and O–H groups in total. The highest BCUT2D eigenvalue weighted by Gasteiger charge is 2.47. The van der Waals surface area contributed by atoms with E-state index >= 15 is 0 Å². The minimum atomic E-state index is -4.08. The van der Waals surface area contributed by atoms with Gasteiger partial charge in [0.15, 0.2) is 0 Å². The summed E-state index contributed by atoms with van der Waals surface area (Å²) in [5, 5.41) is 2.18. The molecule has 0 aliphatic carbocycles. The Labute approximate surface area is 192 Å². The molecule has 0 aromatic heterocycles. The van der Waals surface area contributed by atoms with E-state index in [2.05, 4.69) is 0 Å². The van der Waals surface area contributed by atoms with E-state index in [1.165, 1.54) is 0 Å². The van der Waals surface area contributed by atoms with E-state index < -0.39 is 15.9 Å². The Hall–Kier alpha value is -3.09. The quantitative estimate of drug-likeness (QED) is 0.528. The monoisotopic (exact) mass is 464 g/mol. The number of aryl methyl sites for hydroxylation is 1. The molecule has 0 unspecified atom stereocenters. The molecule has 1 fully saturated rings. The SMILES string of the molecule is Cc1ccc(S(=O)(=O)N2C(=O)C[C@H](c3ccc(Cl)cc3)[C@@H]3c4ccccc4C=CN32)cc1. The summed E-state index contributed by atoms with van der Waals surface area (Å²) in [5.74, 6) is -0.693. The normalized spacial score (nSPS) is 20.1. The summed E-state index contributed by atoms with van der Waals surface area (Å²) in [7, 11) is -4.08. The van der Waals surface area contributed by atoms with Crippen molar-refractivity contribution in [2.45, 2.75) is 30.2 Å². The Morgan fingerprint density at radius 3 is 2.34 bits per heavy atom. The van der Waals surface area contributed by atoms with Crippen molar-refractivity contribution in [2.24, 2.45) is 0 Å². The predicted molar refractivity (Wildman–Crippen MR) is 124 cm³/mol. The zero-order valence-corrected chi connectivity index (χ0v) is 18.9. The molecule has 2 heterocycles. The zero-order valence-electron chi connectivity index (χ0n) is 17.4. The molecule has 162 valence electrons. The van der Waals surface area contributed by atoms with E-state index in [9.17, 15) is 13.2 Å².